The molecule has 1 rings (SSSR count). The summed E-state index contributed by atoms with van der Waals surface area (Å²) in [5.74, 6) is 0.259. The van der Waals surface area contributed by atoms with Gasteiger partial charge in [-0.2, -0.15) is 0 Å². The smallest absolute Gasteiger partial charge is 0.0908 e. The second kappa shape index (κ2) is 4.47. The van der Waals surface area contributed by atoms with E-state index in [2.05, 4.69) is 45.0 Å². The SMILES string of the molecule is CC(C)(C)c1ccc(CCC(=N)N)cc1. The lowest BCUT2D eigenvalue weighted by Crippen LogP contribution is -2.12. The zero-order valence-corrected chi connectivity index (χ0v) is 9.80. The van der Waals surface area contributed by atoms with E-state index in [0.29, 0.717) is 6.42 Å². The minimum atomic E-state index is 0.207. The topological polar surface area (TPSA) is 49.9 Å². The van der Waals surface area contributed by atoms with Gasteiger partial charge in [0.2, 0.25) is 0 Å². The Balaban J connectivity index is 2.69. The van der Waals surface area contributed by atoms with Crippen molar-refractivity contribution in [3.63, 3.8) is 0 Å². The van der Waals surface area contributed by atoms with Crippen LogP contribution in [0.25, 0.3) is 0 Å². The molecule has 3 N–H and O–H groups in total. The quantitative estimate of drug-likeness (QED) is 0.577. The molecule has 0 saturated heterocycles. The monoisotopic (exact) mass is 204 g/mol. The summed E-state index contributed by atoms with van der Waals surface area (Å²) in [5.41, 5.74) is 8.12. The molecule has 0 saturated carbocycles. The van der Waals surface area contributed by atoms with E-state index in [9.17, 15) is 0 Å². The average molecular weight is 204 g/mol. The maximum atomic E-state index is 7.16. The number of rotatable bonds is 3. The van der Waals surface area contributed by atoms with E-state index in [4.69, 9.17) is 11.1 Å². The van der Waals surface area contributed by atoms with Gasteiger partial charge in [0, 0.05) is 6.42 Å². The molecule has 1 aromatic rings. The molecule has 0 unspecified atom stereocenters. The van der Waals surface area contributed by atoms with Crippen molar-refractivity contribution >= 4 is 5.84 Å². The van der Waals surface area contributed by atoms with Crippen LogP contribution in [-0.4, -0.2) is 5.84 Å². The van der Waals surface area contributed by atoms with Gasteiger partial charge in [-0.1, -0.05) is 45.0 Å². The fraction of sp³-hybridized carbons (Fsp3) is 0.462. The van der Waals surface area contributed by atoms with Gasteiger partial charge in [0.15, 0.2) is 0 Å². The summed E-state index contributed by atoms with van der Waals surface area (Å²) in [4.78, 5) is 0. The van der Waals surface area contributed by atoms with Crippen LogP contribution < -0.4 is 5.73 Å². The van der Waals surface area contributed by atoms with Gasteiger partial charge in [-0.05, 0) is 23.0 Å². The van der Waals surface area contributed by atoms with Gasteiger partial charge in [0.1, 0.15) is 0 Å². The third-order valence-corrected chi connectivity index (χ3v) is 2.50. The molecule has 0 atom stereocenters. The minimum absolute atomic E-state index is 0.207. The number of nitrogens with one attached hydrogen (secondary N) is 1. The predicted octanol–water partition coefficient (Wildman–Crippen LogP) is 2.85. The lowest BCUT2D eigenvalue weighted by Gasteiger charge is -2.19. The third-order valence-electron chi connectivity index (χ3n) is 2.50. The fourth-order valence-electron chi connectivity index (χ4n) is 1.45. The number of nitrogens with two attached hydrogens (primary N) is 1. The molecule has 82 valence electrons. The molecule has 0 radical (unpaired) electrons. The third kappa shape index (κ3) is 3.74. The Kier molecular flexibility index (Phi) is 3.51. The van der Waals surface area contributed by atoms with Crippen molar-refractivity contribution in [3.05, 3.63) is 35.4 Å². The van der Waals surface area contributed by atoms with Crippen LogP contribution in [0.5, 0.6) is 0 Å². The first kappa shape index (κ1) is 11.8. The van der Waals surface area contributed by atoms with Crippen LogP contribution in [0.4, 0.5) is 0 Å². The Hall–Kier alpha value is -1.31. The molecule has 15 heavy (non-hydrogen) atoms. The van der Waals surface area contributed by atoms with E-state index in [-0.39, 0.29) is 11.3 Å². The number of hydrogen-bond donors (Lipinski definition) is 2. The van der Waals surface area contributed by atoms with Crippen molar-refractivity contribution < 1.29 is 0 Å². The molecule has 0 aromatic heterocycles. The highest BCUT2D eigenvalue weighted by Crippen LogP contribution is 2.22. The molecule has 0 aliphatic carbocycles. The lowest BCUT2D eigenvalue weighted by molar-refractivity contribution is 0.590. The van der Waals surface area contributed by atoms with Crippen LogP contribution in [0.3, 0.4) is 0 Å². The molecule has 2 nitrogen and oxygen atoms in total. The summed E-state index contributed by atoms with van der Waals surface area (Å²) in [6, 6.07) is 8.58. The molecular weight excluding hydrogens is 184 g/mol. The number of amidine groups is 1. The molecule has 0 fully saturated rings. The molecule has 0 aliphatic rings. The van der Waals surface area contributed by atoms with Gasteiger partial charge in [0.05, 0.1) is 5.84 Å². The van der Waals surface area contributed by atoms with Gasteiger partial charge in [-0.15, -0.1) is 0 Å². The van der Waals surface area contributed by atoms with Gasteiger partial charge in [-0.3, -0.25) is 5.41 Å². The molecule has 0 amide bonds. The van der Waals surface area contributed by atoms with Crippen molar-refractivity contribution in [2.24, 2.45) is 5.73 Å². The van der Waals surface area contributed by atoms with Crippen molar-refractivity contribution in [2.75, 3.05) is 0 Å². The Morgan fingerprint density at radius 2 is 1.73 bits per heavy atom. The summed E-state index contributed by atoms with van der Waals surface area (Å²) in [6.07, 6.45) is 1.51. The van der Waals surface area contributed by atoms with Crippen LogP contribution >= 0.6 is 0 Å². The summed E-state index contributed by atoms with van der Waals surface area (Å²) in [6.45, 7) is 6.62. The van der Waals surface area contributed by atoms with Gasteiger partial charge in [-0.25, -0.2) is 0 Å². The van der Waals surface area contributed by atoms with Crippen LogP contribution in [0.1, 0.15) is 38.3 Å². The molecular formula is C13H20N2. The predicted molar refractivity (Wildman–Crippen MR) is 65.4 cm³/mol. The number of hydrogen-bond acceptors (Lipinski definition) is 1. The molecule has 2 heteroatoms. The maximum absolute atomic E-state index is 7.16. The van der Waals surface area contributed by atoms with E-state index in [1.165, 1.54) is 11.1 Å². The summed E-state index contributed by atoms with van der Waals surface area (Å²) < 4.78 is 0. The zero-order valence-electron chi connectivity index (χ0n) is 9.80. The molecule has 1 aromatic carbocycles. The molecule has 0 heterocycles. The highest BCUT2D eigenvalue weighted by molar-refractivity contribution is 5.77. The van der Waals surface area contributed by atoms with E-state index < -0.39 is 0 Å². The van der Waals surface area contributed by atoms with Crippen molar-refractivity contribution in [3.8, 4) is 0 Å². The van der Waals surface area contributed by atoms with Crippen LogP contribution in [-0.2, 0) is 11.8 Å². The van der Waals surface area contributed by atoms with Crippen molar-refractivity contribution in [1.82, 2.24) is 0 Å². The average Bonchev–Trinajstić information content (AvgIpc) is 2.14. The van der Waals surface area contributed by atoms with Gasteiger partial charge < -0.3 is 5.73 Å². The largest absolute Gasteiger partial charge is 0.388 e. The summed E-state index contributed by atoms with van der Waals surface area (Å²) in [5, 5.41) is 7.16. The summed E-state index contributed by atoms with van der Waals surface area (Å²) in [7, 11) is 0. The fourth-order valence-corrected chi connectivity index (χ4v) is 1.45. The Morgan fingerprint density at radius 3 is 2.13 bits per heavy atom. The van der Waals surface area contributed by atoms with Crippen molar-refractivity contribution in [2.45, 2.75) is 39.0 Å². The Labute approximate surface area is 92.0 Å². The molecule has 0 aliphatic heterocycles. The highest BCUT2D eigenvalue weighted by atomic mass is 14.7. The first-order valence-corrected chi connectivity index (χ1v) is 5.32. The number of benzene rings is 1. The van der Waals surface area contributed by atoms with E-state index in [0.717, 1.165) is 6.42 Å². The first-order chi connectivity index (χ1) is 6.89. The van der Waals surface area contributed by atoms with Crippen LogP contribution in [0.15, 0.2) is 24.3 Å². The second-order valence-electron chi connectivity index (χ2n) is 4.97. The normalized spacial score (nSPS) is 11.4. The second-order valence-corrected chi connectivity index (χ2v) is 4.97. The van der Waals surface area contributed by atoms with Gasteiger partial charge >= 0.3 is 0 Å². The zero-order chi connectivity index (χ0) is 11.5. The van der Waals surface area contributed by atoms with Gasteiger partial charge in [0.25, 0.3) is 0 Å². The van der Waals surface area contributed by atoms with E-state index >= 15 is 0 Å². The van der Waals surface area contributed by atoms with Crippen LogP contribution in [0, 0.1) is 5.41 Å². The highest BCUT2D eigenvalue weighted by Gasteiger charge is 2.12. The molecule has 0 bridgehead atoms. The maximum Gasteiger partial charge on any atom is 0.0908 e. The first-order valence-electron chi connectivity index (χ1n) is 5.32. The summed E-state index contributed by atoms with van der Waals surface area (Å²) >= 11 is 0. The Bertz CT molecular complexity index is 331. The standard InChI is InChI=1S/C13H20N2/c1-13(2,3)11-7-4-10(5-8-11)6-9-12(14)15/h4-5,7-8H,6,9H2,1-3H3,(H3,14,15). The van der Waals surface area contributed by atoms with Crippen LogP contribution in [0.2, 0.25) is 0 Å². The molecule has 0 spiro atoms. The van der Waals surface area contributed by atoms with E-state index in [1.54, 1.807) is 0 Å². The minimum Gasteiger partial charge on any atom is -0.388 e. The van der Waals surface area contributed by atoms with E-state index in [1.807, 2.05) is 0 Å². The number of aryl methyl sites for hydroxylation is 1. The Morgan fingerprint density at radius 1 is 1.20 bits per heavy atom. The van der Waals surface area contributed by atoms with Crippen molar-refractivity contribution in [1.29, 1.82) is 5.41 Å². The lowest BCUT2D eigenvalue weighted by atomic mass is 9.86.